The molecule has 0 spiro atoms. The number of likely N-dealkylation sites (N-methyl/N-ethyl adjacent to an activating group) is 1. The van der Waals surface area contributed by atoms with E-state index in [-0.39, 0.29) is 17.5 Å². The van der Waals surface area contributed by atoms with E-state index in [1.807, 2.05) is 42.5 Å². The van der Waals surface area contributed by atoms with Crippen molar-refractivity contribution in [1.29, 1.82) is 0 Å². The molecule has 0 unspecified atom stereocenters. The van der Waals surface area contributed by atoms with Crippen LogP contribution in [0.5, 0.6) is 51.7 Å². The Hall–Kier alpha value is -4.89. The van der Waals surface area contributed by atoms with Gasteiger partial charge in [-0.05, 0) is 79.4 Å². The van der Waals surface area contributed by atoms with E-state index in [1.165, 1.54) is 7.11 Å². The van der Waals surface area contributed by atoms with Crippen molar-refractivity contribution in [3.63, 3.8) is 0 Å². The zero-order chi connectivity index (χ0) is 31.9. The molecule has 9 heteroatoms. The monoisotopic (exact) mass is 622 g/mol. The zero-order valence-corrected chi connectivity index (χ0v) is 26.8. The maximum atomic E-state index is 11.5. The van der Waals surface area contributed by atoms with Gasteiger partial charge in [0.15, 0.2) is 34.5 Å². The van der Waals surface area contributed by atoms with Gasteiger partial charge in [0.2, 0.25) is 11.5 Å². The van der Waals surface area contributed by atoms with Crippen LogP contribution in [0.15, 0.2) is 59.6 Å². The van der Waals surface area contributed by atoms with Gasteiger partial charge in [0.05, 0.1) is 28.4 Å². The van der Waals surface area contributed by atoms with E-state index in [1.54, 1.807) is 21.3 Å². The number of rotatable bonds is 4. The largest absolute Gasteiger partial charge is 0.504 e. The molecule has 1 atom stereocenters. The highest BCUT2D eigenvalue weighted by molar-refractivity contribution is 6.04. The van der Waals surface area contributed by atoms with E-state index in [0.717, 1.165) is 57.8 Å². The SMILES string of the molecule is COc1ccc2cc1Oc1ccc(cc1)CC1=NCCc3cc(OC)c(cc31)Oc1c(OC)c(OC)c(O)c3c1[C@@H](C2)N(C)CC3. The van der Waals surface area contributed by atoms with Crippen LogP contribution in [-0.4, -0.2) is 64.3 Å². The predicted octanol–water partition coefficient (Wildman–Crippen LogP) is 6.68. The minimum absolute atomic E-state index is 0.0653. The summed E-state index contributed by atoms with van der Waals surface area (Å²) in [4.78, 5) is 7.22. The molecule has 4 heterocycles. The molecule has 0 radical (unpaired) electrons. The summed E-state index contributed by atoms with van der Waals surface area (Å²) in [6, 6.07) is 18.0. The van der Waals surface area contributed by atoms with Crippen molar-refractivity contribution in [2.24, 2.45) is 4.99 Å². The Morgan fingerprint density at radius 1 is 0.804 bits per heavy atom. The smallest absolute Gasteiger partial charge is 0.208 e. The second-order valence-corrected chi connectivity index (χ2v) is 11.8. The van der Waals surface area contributed by atoms with Crippen molar-refractivity contribution in [1.82, 2.24) is 4.90 Å². The summed E-state index contributed by atoms with van der Waals surface area (Å²) in [5.74, 6) is 4.24. The van der Waals surface area contributed by atoms with Crippen molar-refractivity contribution in [2.45, 2.75) is 31.7 Å². The summed E-state index contributed by atoms with van der Waals surface area (Å²) in [6.07, 6.45) is 2.67. The summed E-state index contributed by atoms with van der Waals surface area (Å²) < 4.78 is 36.5. The second-order valence-electron chi connectivity index (χ2n) is 11.8. The van der Waals surface area contributed by atoms with E-state index >= 15 is 0 Å². The Kier molecular flexibility index (Phi) is 7.86. The van der Waals surface area contributed by atoms with Crippen LogP contribution < -0.4 is 28.4 Å². The summed E-state index contributed by atoms with van der Waals surface area (Å²) in [5, 5.41) is 11.5. The maximum Gasteiger partial charge on any atom is 0.208 e. The van der Waals surface area contributed by atoms with Crippen LogP contribution >= 0.6 is 0 Å². The number of methoxy groups -OCH3 is 4. The first-order valence-corrected chi connectivity index (χ1v) is 15.5. The molecule has 4 aliphatic rings. The quantitative estimate of drug-likeness (QED) is 0.270. The van der Waals surface area contributed by atoms with Gasteiger partial charge in [-0.15, -0.1) is 0 Å². The van der Waals surface area contributed by atoms with Crippen molar-refractivity contribution in [3.05, 3.63) is 88.0 Å². The first kappa shape index (κ1) is 29.8. The third-order valence-electron chi connectivity index (χ3n) is 9.25. The molecule has 46 heavy (non-hydrogen) atoms. The topological polar surface area (TPSA) is 91.2 Å². The molecule has 0 saturated carbocycles. The minimum Gasteiger partial charge on any atom is -0.504 e. The number of fused-ring (bicyclic) bond motifs is 2. The first-order valence-electron chi connectivity index (χ1n) is 15.5. The highest BCUT2D eigenvalue weighted by Crippen LogP contribution is 2.55. The van der Waals surface area contributed by atoms with Gasteiger partial charge in [-0.2, -0.15) is 0 Å². The van der Waals surface area contributed by atoms with Crippen LogP contribution in [-0.2, 0) is 25.7 Å². The molecule has 9 nitrogen and oxygen atoms in total. The number of ether oxygens (including phenoxy) is 6. The fraction of sp³-hybridized carbons (Fsp3) is 0.324. The standard InChI is InChI=1S/C37H38N2O7/c1-39-15-13-25-33-28(39)17-22-8-11-29(41-2)31(18-22)45-24-9-6-21(7-10-24)16-27-26-20-32(30(42-3)19-23(26)12-14-38-27)46-35(33)37(44-5)36(43-4)34(25)40/h6-11,18-20,28,40H,12-17H2,1-5H3/t28-/m1/s1. The average Bonchev–Trinajstić information content (AvgIpc) is 3.07. The van der Waals surface area contributed by atoms with Crippen molar-refractivity contribution in [2.75, 3.05) is 48.6 Å². The highest BCUT2D eigenvalue weighted by atomic mass is 16.5. The van der Waals surface area contributed by atoms with Crippen molar-refractivity contribution >= 4 is 5.71 Å². The Morgan fingerprint density at radius 3 is 2.28 bits per heavy atom. The molecule has 0 aromatic heterocycles. The lowest BCUT2D eigenvalue weighted by Gasteiger charge is -2.37. The van der Waals surface area contributed by atoms with Gasteiger partial charge in [0.1, 0.15) is 5.75 Å². The Balaban J connectivity index is 1.49. The third kappa shape index (κ3) is 5.14. The lowest BCUT2D eigenvalue weighted by Crippen LogP contribution is -2.34. The lowest BCUT2D eigenvalue weighted by molar-refractivity contribution is 0.217. The summed E-state index contributed by atoms with van der Waals surface area (Å²) in [5.41, 5.74) is 6.92. The molecule has 238 valence electrons. The predicted molar refractivity (Wildman–Crippen MR) is 175 cm³/mol. The number of aliphatic imine (C=N–C) groups is 1. The minimum atomic E-state index is -0.176. The Morgan fingerprint density at radius 2 is 1.54 bits per heavy atom. The number of phenols is 1. The van der Waals surface area contributed by atoms with Crippen LogP contribution in [0.25, 0.3) is 0 Å². The normalized spacial score (nSPS) is 17.0. The Labute approximate surface area is 268 Å². The fourth-order valence-corrected chi connectivity index (χ4v) is 6.86. The number of aromatic hydroxyl groups is 1. The molecule has 0 aliphatic carbocycles. The van der Waals surface area contributed by atoms with Gasteiger partial charge in [0, 0.05) is 48.0 Å². The van der Waals surface area contributed by atoms with E-state index in [9.17, 15) is 5.11 Å². The second kappa shape index (κ2) is 12.1. The van der Waals surface area contributed by atoms with Gasteiger partial charge in [-0.1, -0.05) is 18.2 Å². The van der Waals surface area contributed by atoms with Crippen LogP contribution in [0.1, 0.15) is 39.4 Å². The number of hydrogen-bond acceptors (Lipinski definition) is 9. The van der Waals surface area contributed by atoms with Crippen molar-refractivity contribution < 1.29 is 33.5 Å². The Bertz CT molecular complexity index is 1830. The molecule has 4 aliphatic heterocycles. The highest BCUT2D eigenvalue weighted by Gasteiger charge is 2.37. The van der Waals surface area contributed by atoms with Gasteiger partial charge in [0.25, 0.3) is 0 Å². The van der Waals surface area contributed by atoms with Crippen LogP contribution in [0.2, 0.25) is 0 Å². The van der Waals surface area contributed by atoms with Crippen LogP contribution in [0, 0.1) is 0 Å². The van der Waals surface area contributed by atoms with Gasteiger partial charge in [-0.3, -0.25) is 9.89 Å². The van der Waals surface area contributed by atoms with Crippen LogP contribution in [0.3, 0.4) is 0 Å². The molecule has 0 amide bonds. The van der Waals surface area contributed by atoms with Gasteiger partial charge in [-0.25, -0.2) is 0 Å². The number of hydrogen-bond donors (Lipinski definition) is 1. The van der Waals surface area contributed by atoms with Crippen molar-refractivity contribution in [3.8, 4) is 51.7 Å². The van der Waals surface area contributed by atoms with Gasteiger partial charge < -0.3 is 33.5 Å². The maximum absolute atomic E-state index is 11.5. The fourth-order valence-electron chi connectivity index (χ4n) is 6.86. The van der Waals surface area contributed by atoms with E-state index < -0.39 is 0 Å². The van der Waals surface area contributed by atoms with Crippen LogP contribution in [0.4, 0.5) is 0 Å². The summed E-state index contributed by atoms with van der Waals surface area (Å²) in [7, 11) is 8.46. The zero-order valence-electron chi connectivity index (χ0n) is 26.8. The first-order chi connectivity index (χ1) is 22.4. The molecule has 4 aromatic carbocycles. The third-order valence-corrected chi connectivity index (χ3v) is 9.25. The van der Waals surface area contributed by atoms with Gasteiger partial charge >= 0.3 is 0 Å². The molecule has 1 N–H and O–H groups in total. The van der Waals surface area contributed by atoms with E-state index in [2.05, 4.69) is 24.1 Å². The molecular formula is C37H38N2O7. The molecule has 0 saturated heterocycles. The summed E-state index contributed by atoms with van der Waals surface area (Å²) >= 11 is 0. The molecule has 6 bridgehead atoms. The number of benzene rings is 4. The number of nitrogens with zero attached hydrogens (tertiary/aromatic N) is 2. The average molecular weight is 623 g/mol. The molecule has 8 rings (SSSR count). The molecule has 4 aromatic rings. The summed E-state index contributed by atoms with van der Waals surface area (Å²) in [6.45, 7) is 1.43. The van der Waals surface area contributed by atoms with E-state index in [0.29, 0.717) is 60.3 Å². The number of phenolic OH excluding ortho intramolecular Hbond substituents is 1. The van der Waals surface area contributed by atoms with E-state index in [4.69, 9.17) is 33.4 Å². The lowest BCUT2D eigenvalue weighted by atomic mass is 9.86. The molecule has 0 fully saturated rings. The molecular weight excluding hydrogens is 584 g/mol.